The predicted octanol–water partition coefficient (Wildman–Crippen LogP) is 4.26. The van der Waals surface area contributed by atoms with E-state index in [1.807, 2.05) is 19.1 Å². The second-order valence-corrected chi connectivity index (χ2v) is 8.06. The van der Waals surface area contributed by atoms with Gasteiger partial charge in [-0.25, -0.2) is 8.42 Å². The average Bonchev–Trinajstić information content (AvgIpc) is 3.07. The van der Waals surface area contributed by atoms with Crippen molar-refractivity contribution in [3.63, 3.8) is 0 Å². The van der Waals surface area contributed by atoms with Gasteiger partial charge in [0, 0.05) is 11.6 Å². The molecule has 1 fully saturated rings. The van der Waals surface area contributed by atoms with E-state index in [4.69, 9.17) is 16.3 Å². The molecule has 2 aromatic rings. The van der Waals surface area contributed by atoms with Gasteiger partial charge < -0.3 is 4.74 Å². The molecule has 3 rings (SSSR count). The topological polar surface area (TPSA) is 46.6 Å². The number of nitrogens with zero attached hydrogens (tertiary/aromatic N) is 1. The minimum atomic E-state index is -3.53. The number of hydrogen-bond acceptors (Lipinski definition) is 3. The molecule has 0 spiro atoms. The van der Waals surface area contributed by atoms with E-state index in [1.54, 1.807) is 40.7 Å². The summed E-state index contributed by atoms with van der Waals surface area (Å²) in [4.78, 5) is 0.298. The van der Waals surface area contributed by atoms with Crippen LogP contribution in [0.2, 0.25) is 5.02 Å². The lowest BCUT2D eigenvalue weighted by atomic mass is 10.1. The van der Waals surface area contributed by atoms with Gasteiger partial charge in [0.15, 0.2) is 0 Å². The lowest BCUT2D eigenvalue weighted by Gasteiger charge is -2.24. The molecule has 0 aromatic heterocycles. The SMILES string of the molecule is CCOc1ccc(S(=O)(=O)N2CCC[C@H]2c2ccc(Cl)cc2)cc1. The summed E-state index contributed by atoms with van der Waals surface area (Å²) in [6.45, 7) is 2.98. The third-order valence-electron chi connectivity index (χ3n) is 4.20. The minimum absolute atomic E-state index is 0.140. The fourth-order valence-corrected chi connectivity index (χ4v) is 4.86. The highest BCUT2D eigenvalue weighted by atomic mass is 35.5. The lowest BCUT2D eigenvalue weighted by Crippen LogP contribution is -2.30. The van der Waals surface area contributed by atoms with Crippen LogP contribution in [0.4, 0.5) is 0 Å². The van der Waals surface area contributed by atoms with Crippen LogP contribution in [0.1, 0.15) is 31.4 Å². The summed E-state index contributed by atoms with van der Waals surface area (Å²) in [5.74, 6) is 0.673. The Morgan fingerprint density at radius 3 is 2.42 bits per heavy atom. The van der Waals surface area contributed by atoms with E-state index in [9.17, 15) is 8.42 Å². The van der Waals surface area contributed by atoms with Gasteiger partial charge in [0.2, 0.25) is 10.0 Å². The van der Waals surface area contributed by atoms with Gasteiger partial charge in [-0.1, -0.05) is 23.7 Å². The van der Waals surface area contributed by atoms with Crippen molar-refractivity contribution in [1.29, 1.82) is 0 Å². The maximum Gasteiger partial charge on any atom is 0.243 e. The van der Waals surface area contributed by atoms with E-state index in [0.29, 0.717) is 28.8 Å². The summed E-state index contributed by atoms with van der Waals surface area (Å²) < 4.78 is 33.0. The van der Waals surface area contributed by atoms with E-state index < -0.39 is 10.0 Å². The maximum atomic E-state index is 13.0. The van der Waals surface area contributed by atoms with E-state index in [0.717, 1.165) is 18.4 Å². The van der Waals surface area contributed by atoms with Crippen LogP contribution >= 0.6 is 11.6 Å². The van der Waals surface area contributed by atoms with Gasteiger partial charge in [-0.15, -0.1) is 0 Å². The van der Waals surface area contributed by atoms with Crippen LogP contribution in [0, 0.1) is 0 Å². The highest BCUT2D eigenvalue weighted by molar-refractivity contribution is 7.89. The first kappa shape index (κ1) is 17.3. The van der Waals surface area contributed by atoms with E-state index >= 15 is 0 Å². The van der Waals surface area contributed by atoms with Gasteiger partial charge in [0.05, 0.1) is 17.5 Å². The second kappa shape index (κ2) is 7.13. The lowest BCUT2D eigenvalue weighted by molar-refractivity contribution is 0.340. The van der Waals surface area contributed by atoms with Crippen molar-refractivity contribution in [2.75, 3.05) is 13.2 Å². The molecule has 0 radical (unpaired) electrons. The number of benzene rings is 2. The fourth-order valence-electron chi connectivity index (χ4n) is 3.06. The van der Waals surface area contributed by atoms with Gasteiger partial charge in [-0.05, 0) is 61.7 Å². The summed E-state index contributed by atoms with van der Waals surface area (Å²) in [6.07, 6.45) is 1.67. The smallest absolute Gasteiger partial charge is 0.243 e. The van der Waals surface area contributed by atoms with Crippen molar-refractivity contribution in [1.82, 2.24) is 4.31 Å². The predicted molar refractivity (Wildman–Crippen MR) is 94.9 cm³/mol. The van der Waals surface area contributed by atoms with Gasteiger partial charge in [0.25, 0.3) is 0 Å². The number of hydrogen-bond donors (Lipinski definition) is 0. The van der Waals surface area contributed by atoms with Crippen molar-refractivity contribution < 1.29 is 13.2 Å². The van der Waals surface area contributed by atoms with Gasteiger partial charge in [-0.3, -0.25) is 0 Å². The molecule has 0 unspecified atom stereocenters. The van der Waals surface area contributed by atoms with E-state index in [-0.39, 0.29) is 6.04 Å². The molecule has 1 heterocycles. The molecule has 0 N–H and O–H groups in total. The first-order valence-corrected chi connectivity index (χ1v) is 9.84. The molecule has 0 saturated carbocycles. The van der Waals surface area contributed by atoms with Crippen LogP contribution in [-0.2, 0) is 10.0 Å². The molecule has 6 heteroatoms. The number of halogens is 1. The molecule has 128 valence electrons. The fraction of sp³-hybridized carbons (Fsp3) is 0.333. The molecule has 24 heavy (non-hydrogen) atoms. The van der Waals surface area contributed by atoms with Crippen LogP contribution in [0.15, 0.2) is 53.4 Å². The normalized spacial score (nSPS) is 18.7. The average molecular weight is 366 g/mol. The second-order valence-electron chi connectivity index (χ2n) is 5.73. The Kier molecular flexibility index (Phi) is 5.13. The Hall–Kier alpha value is -1.56. The van der Waals surface area contributed by atoms with Crippen LogP contribution in [-0.4, -0.2) is 25.9 Å². The molecule has 1 atom stereocenters. The monoisotopic (exact) mass is 365 g/mol. The third-order valence-corrected chi connectivity index (χ3v) is 6.37. The van der Waals surface area contributed by atoms with Crippen LogP contribution in [0.5, 0.6) is 5.75 Å². The number of sulfonamides is 1. The van der Waals surface area contributed by atoms with Crippen LogP contribution < -0.4 is 4.74 Å². The molecule has 1 aliphatic rings. The summed E-state index contributed by atoms with van der Waals surface area (Å²) in [6, 6.07) is 13.9. The minimum Gasteiger partial charge on any atom is -0.494 e. The van der Waals surface area contributed by atoms with Crippen LogP contribution in [0.25, 0.3) is 0 Å². The Bertz CT molecular complexity index is 788. The van der Waals surface area contributed by atoms with E-state index in [1.165, 1.54) is 0 Å². The van der Waals surface area contributed by atoms with Crippen LogP contribution in [0.3, 0.4) is 0 Å². The zero-order valence-electron chi connectivity index (χ0n) is 13.5. The largest absolute Gasteiger partial charge is 0.494 e. The molecule has 4 nitrogen and oxygen atoms in total. The van der Waals surface area contributed by atoms with Gasteiger partial charge >= 0.3 is 0 Å². The summed E-state index contributed by atoms with van der Waals surface area (Å²) >= 11 is 5.94. The highest BCUT2D eigenvalue weighted by Gasteiger charge is 2.36. The molecule has 0 aliphatic carbocycles. The van der Waals surface area contributed by atoms with E-state index in [2.05, 4.69) is 0 Å². The highest BCUT2D eigenvalue weighted by Crippen LogP contribution is 2.37. The Morgan fingerprint density at radius 2 is 1.79 bits per heavy atom. The molecule has 0 amide bonds. The molecule has 1 aliphatic heterocycles. The molecule has 2 aromatic carbocycles. The number of ether oxygens (including phenoxy) is 1. The molecular weight excluding hydrogens is 346 g/mol. The molecule has 0 bridgehead atoms. The van der Waals surface area contributed by atoms with Crippen molar-refractivity contribution in [3.8, 4) is 5.75 Å². The quantitative estimate of drug-likeness (QED) is 0.795. The van der Waals surface area contributed by atoms with Crippen molar-refractivity contribution in [2.24, 2.45) is 0 Å². The first-order chi connectivity index (χ1) is 11.5. The summed E-state index contributed by atoms with van der Waals surface area (Å²) in [7, 11) is -3.53. The zero-order valence-corrected chi connectivity index (χ0v) is 15.1. The Balaban J connectivity index is 1.88. The maximum absolute atomic E-state index is 13.0. The Labute approximate surface area is 148 Å². The van der Waals surface area contributed by atoms with Crippen molar-refractivity contribution in [2.45, 2.75) is 30.7 Å². The van der Waals surface area contributed by atoms with Crippen molar-refractivity contribution in [3.05, 3.63) is 59.1 Å². The molecular formula is C18H20ClNO3S. The first-order valence-electron chi connectivity index (χ1n) is 8.02. The van der Waals surface area contributed by atoms with Crippen molar-refractivity contribution >= 4 is 21.6 Å². The zero-order chi connectivity index (χ0) is 17.2. The number of rotatable bonds is 5. The van der Waals surface area contributed by atoms with Gasteiger partial charge in [0.1, 0.15) is 5.75 Å². The third kappa shape index (κ3) is 3.43. The summed E-state index contributed by atoms with van der Waals surface area (Å²) in [5.41, 5.74) is 0.978. The standard InChI is InChI=1S/C18H20ClNO3S/c1-2-23-16-9-11-17(12-10-16)24(21,22)20-13-3-4-18(20)14-5-7-15(19)8-6-14/h5-12,18H,2-4,13H2,1H3/t18-/m0/s1. The Morgan fingerprint density at radius 1 is 1.12 bits per heavy atom. The molecule has 1 saturated heterocycles. The summed E-state index contributed by atoms with van der Waals surface area (Å²) in [5, 5.41) is 0.651. The van der Waals surface area contributed by atoms with Gasteiger partial charge in [-0.2, -0.15) is 4.31 Å².